The molecule has 4 nitrogen and oxygen atoms in total. The van der Waals surface area contributed by atoms with E-state index in [1.807, 2.05) is 0 Å². The number of rotatable bonds is 5. The number of aromatic nitrogens is 3. The van der Waals surface area contributed by atoms with E-state index < -0.39 is 8.07 Å². The second kappa shape index (κ2) is 13.8. The second-order valence-electron chi connectivity index (χ2n) is 17.2. The van der Waals surface area contributed by atoms with Crippen molar-refractivity contribution in [1.29, 1.82) is 0 Å². The molecule has 13 aromatic rings. The Bertz CT molecular complexity index is 3950. The van der Waals surface area contributed by atoms with E-state index in [0.717, 1.165) is 28.6 Å². The second-order valence-corrected chi connectivity index (χ2v) is 21.0. The summed E-state index contributed by atoms with van der Waals surface area (Å²) in [6.45, 7) is 0. The molecule has 0 fully saturated rings. The summed E-state index contributed by atoms with van der Waals surface area (Å²) in [5.74, 6) is 1.87. The molecule has 65 heavy (non-hydrogen) atoms. The van der Waals surface area contributed by atoms with Gasteiger partial charge in [0.2, 0.25) is 0 Å². The van der Waals surface area contributed by atoms with Crippen LogP contribution in [0.5, 0.6) is 11.5 Å². The minimum absolute atomic E-state index is 0.933. The van der Waals surface area contributed by atoms with E-state index in [0.29, 0.717) is 0 Å². The van der Waals surface area contributed by atoms with Crippen LogP contribution in [0.2, 0.25) is 0 Å². The topological polar surface area (TPSA) is 24.0 Å². The number of nitrogens with zero attached hydrogens (tertiary/aromatic N) is 3. The van der Waals surface area contributed by atoms with Crippen LogP contribution in [0.25, 0.3) is 82.5 Å². The third kappa shape index (κ3) is 5.07. The van der Waals surface area contributed by atoms with Crippen molar-refractivity contribution in [3.8, 4) is 28.6 Å². The van der Waals surface area contributed by atoms with E-state index >= 15 is 0 Å². The lowest BCUT2D eigenvalue weighted by Gasteiger charge is -2.39. The van der Waals surface area contributed by atoms with Crippen LogP contribution < -0.4 is 25.5 Å². The third-order valence-electron chi connectivity index (χ3n) is 14.0. The Morgan fingerprint density at radius 1 is 0.262 bits per heavy atom. The van der Waals surface area contributed by atoms with Crippen molar-refractivity contribution in [1.82, 2.24) is 13.7 Å². The zero-order chi connectivity index (χ0) is 42.6. The van der Waals surface area contributed by atoms with Gasteiger partial charge in [0.25, 0.3) is 0 Å². The fraction of sp³-hybridized carbons (Fsp3) is 0. The quantitative estimate of drug-likeness (QED) is 0.158. The average Bonchev–Trinajstić information content (AvgIpc) is 4.01. The maximum Gasteiger partial charge on any atom is 0.188 e. The molecule has 0 saturated heterocycles. The smallest absolute Gasteiger partial charge is 0.188 e. The summed E-state index contributed by atoms with van der Waals surface area (Å²) in [6, 6.07) is 87.1. The molecule has 0 N–H and O–H groups in total. The molecule has 0 spiro atoms. The highest BCUT2D eigenvalue weighted by atomic mass is 28.3. The number of benzene rings is 10. The van der Waals surface area contributed by atoms with Crippen LogP contribution in [0.15, 0.2) is 237 Å². The molecular weight excluding hydrogens is 807 g/mol. The van der Waals surface area contributed by atoms with E-state index in [9.17, 15) is 0 Å². The lowest BCUT2D eigenvalue weighted by atomic mass is 10.1. The number of para-hydroxylation sites is 6. The van der Waals surface area contributed by atoms with Gasteiger partial charge >= 0.3 is 0 Å². The zero-order valence-electron chi connectivity index (χ0n) is 35.3. The molecule has 0 atom stereocenters. The molecule has 0 unspecified atom stereocenters. The van der Waals surface area contributed by atoms with Crippen LogP contribution in [-0.2, 0) is 0 Å². The van der Waals surface area contributed by atoms with Crippen LogP contribution in [-0.4, -0.2) is 21.8 Å². The van der Waals surface area contributed by atoms with Crippen LogP contribution in [0.3, 0.4) is 0 Å². The van der Waals surface area contributed by atoms with Crippen LogP contribution >= 0.6 is 0 Å². The van der Waals surface area contributed by atoms with Gasteiger partial charge in [-0.2, -0.15) is 0 Å². The van der Waals surface area contributed by atoms with Gasteiger partial charge in [0.15, 0.2) is 8.07 Å². The normalized spacial score (nSPS) is 13.2. The molecule has 304 valence electrons. The van der Waals surface area contributed by atoms with Gasteiger partial charge in [0, 0.05) is 49.4 Å². The summed E-state index contributed by atoms with van der Waals surface area (Å²) in [7, 11) is -2.90. The first-order chi connectivity index (χ1) is 32.3. The summed E-state index contributed by atoms with van der Waals surface area (Å²) < 4.78 is 14.1. The van der Waals surface area contributed by atoms with Crippen LogP contribution in [0, 0.1) is 0 Å². The highest BCUT2D eigenvalue weighted by Gasteiger charge is 2.48. The van der Waals surface area contributed by atoms with Gasteiger partial charge in [-0.15, -0.1) is 0 Å². The number of fused-ring (bicyclic) bond motifs is 11. The zero-order valence-corrected chi connectivity index (χ0v) is 36.3. The lowest BCUT2D eigenvalue weighted by Crippen LogP contribution is -2.76. The minimum Gasteiger partial charge on any atom is -0.458 e. The number of ether oxygens (including phenoxy) is 1. The summed E-state index contributed by atoms with van der Waals surface area (Å²) in [4.78, 5) is 0. The Morgan fingerprint density at radius 2 is 0.677 bits per heavy atom. The van der Waals surface area contributed by atoms with Crippen molar-refractivity contribution in [2.24, 2.45) is 0 Å². The Labute approximate surface area is 376 Å². The van der Waals surface area contributed by atoms with Gasteiger partial charge in [0.1, 0.15) is 11.5 Å². The van der Waals surface area contributed by atoms with Crippen molar-refractivity contribution in [3.05, 3.63) is 237 Å². The molecule has 0 amide bonds. The van der Waals surface area contributed by atoms with Gasteiger partial charge in [-0.3, -0.25) is 0 Å². The highest BCUT2D eigenvalue weighted by Crippen LogP contribution is 2.40. The molecule has 5 heteroatoms. The first-order valence-electron chi connectivity index (χ1n) is 22.3. The maximum atomic E-state index is 6.71. The molecule has 0 bridgehead atoms. The van der Waals surface area contributed by atoms with E-state index in [1.54, 1.807) is 0 Å². The molecule has 0 saturated carbocycles. The van der Waals surface area contributed by atoms with Gasteiger partial charge in [-0.05, 0) is 106 Å². The van der Waals surface area contributed by atoms with E-state index in [4.69, 9.17) is 4.74 Å². The van der Waals surface area contributed by atoms with Crippen molar-refractivity contribution in [2.75, 3.05) is 0 Å². The average molecular weight is 846 g/mol. The highest BCUT2D eigenvalue weighted by molar-refractivity contribution is 7.20. The SMILES string of the molecule is c1ccc(-n2c3ccc(-n4c5ccccc5c5ccccc54)cc3c3cc(-n4c5ccccc5c5ccc([Si]6(c7ccccc7)c7ccccc7Oc7ccccc76)cc54)ccc32)cc1. The largest absolute Gasteiger partial charge is 0.458 e. The van der Waals surface area contributed by atoms with Gasteiger partial charge in [-0.25, -0.2) is 0 Å². The molecule has 1 aliphatic rings. The van der Waals surface area contributed by atoms with Crippen molar-refractivity contribution in [3.63, 3.8) is 0 Å². The molecule has 0 radical (unpaired) electrons. The van der Waals surface area contributed by atoms with Gasteiger partial charge in [0.05, 0.1) is 33.1 Å². The molecule has 3 aromatic heterocycles. The number of hydrogen-bond donors (Lipinski definition) is 0. The summed E-state index contributed by atoms with van der Waals surface area (Å²) in [5.41, 5.74) is 10.5. The Kier molecular flexibility index (Phi) is 7.68. The van der Waals surface area contributed by atoms with Gasteiger partial charge in [-0.1, -0.05) is 152 Å². The Balaban J connectivity index is 1.06. The van der Waals surface area contributed by atoms with Crippen LogP contribution in [0.4, 0.5) is 0 Å². The molecular formula is C60H39N3OSi. The molecule has 1 aliphatic heterocycles. The van der Waals surface area contributed by atoms with Crippen molar-refractivity contribution >= 4 is 94.2 Å². The van der Waals surface area contributed by atoms with E-state index in [2.05, 4.69) is 250 Å². The third-order valence-corrected chi connectivity index (χ3v) is 18.8. The van der Waals surface area contributed by atoms with Crippen LogP contribution in [0.1, 0.15) is 0 Å². The van der Waals surface area contributed by atoms with Gasteiger partial charge < -0.3 is 18.4 Å². The van der Waals surface area contributed by atoms with E-state index in [-0.39, 0.29) is 0 Å². The summed E-state index contributed by atoms with van der Waals surface area (Å²) in [6.07, 6.45) is 0. The predicted octanol–water partition coefficient (Wildman–Crippen LogP) is 12.5. The van der Waals surface area contributed by atoms with Crippen molar-refractivity contribution in [2.45, 2.75) is 0 Å². The first-order valence-corrected chi connectivity index (χ1v) is 24.3. The van der Waals surface area contributed by atoms with Crippen molar-refractivity contribution < 1.29 is 4.74 Å². The fourth-order valence-electron chi connectivity index (χ4n) is 11.3. The number of hydrogen-bond acceptors (Lipinski definition) is 1. The molecule has 0 aliphatic carbocycles. The Hall–Kier alpha value is -8.38. The Morgan fingerprint density at radius 3 is 1.23 bits per heavy atom. The minimum atomic E-state index is -2.90. The molecule has 14 rings (SSSR count). The monoisotopic (exact) mass is 845 g/mol. The molecule has 4 heterocycles. The maximum absolute atomic E-state index is 6.71. The summed E-state index contributed by atoms with van der Waals surface area (Å²) in [5, 5.41) is 12.6. The lowest BCUT2D eigenvalue weighted by molar-refractivity contribution is 0.487. The first kappa shape index (κ1) is 36.1. The molecule has 10 aromatic carbocycles. The summed E-state index contributed by atoms with van der Waals surface area (Å²) >= 11 is 0. The fourth-order valence-corrected chi connectivity index (χ4v) is 16.2. The van der Waals surface area contributed by atoms with E-state index in [1.165, 1.54) is 86.2 Å². The standard InChI is InChI=1S/C60H39N3OSi/c1-3-17-40(18-4-1)61-54-35-31-41(62-51-24-10-7-21-45(51)46-22-8-11-25-52(46)62)37-49(54)50-38-42(32-36-55(50)61)63-53-26-12-9-23-47(53)48-34-33-44(39-56(48)63)65(43-19-5-2-6-20-43)59-29-15-13-27-57(59)64-58-28-14-16-30-60(58)65/h1-39H. The predicted molar refractivity (Wildman–Crippen MR) is 273 cm³/mol.